The van der Waals surface area contributed by atoms with Crippen molar-refractivity contribution in [3.63, 3.8) is 0 Å². The van der Waals surface area contributed by atoms with Gasteiger partial charge in [0.15, 0.2) is 16.7 Å². The largest absolute Gasteiger partial charge is 0.497 e. The van der Waals surface area contributed by atoms with E-state index in [1.165, 1.54) is 25.0 Å². The van der Waals surface area contributed by atoms with E-state index in [0.717, 1.165) is 23.1 Å². The average Bonchev–Trinajstić information content (AvgIpc) is 2.96. The van der Waals surface area contributed by atoms with Crippen LogP contribution < -0.4 is 29.9 Å². The molecule has 0 radical (unpaired) electrons. The van der Waals surface area contributed by atoms with Crippen molar-refractivity contribution >= 4 is 34.8 Å². The molecule has 4 aromatic rings. The molecule has 11 heteroatoms. The van der Waals surface area contributed by atoms with Gasteiger partial charge in [0.25, 0.3) is 11.5 Å². The van der Waals surface area contributed by atoms with Gasteiger partial charge in [0.1, 0.15) is 11.5 Å². The monoisotopic (exact) mass is 534 g/mol. The maximum absolute atomic E-state index is 13.6. The number of nitrogens with one attached hydrogen (secondary N) is 1. The van der Waals surface area contributed by atoms with E-state index < -0.39 is 0 Å². The maximum Gasteiger partial charge on any atom is 0.266 e. The summed E-state index contributed by atoms with van der Waals surface area (Å²) in [6, 6.07) is 17.5. The minimum atomic E-state index is -0.359. The number of hydrazone groups is 1. The van der Waals surface area contributed by atoms with E-state index in [-0.39, 0.29) is 17.2 Å². The molecule has 0 saturated heterocycles. The molecule has 1 amide bonds. The first kappa shape index (κ1) is 26.6. The highest BCUT2D eigenvalue weighted by molar-refractivity contribution is 7.99. The first-order valence-electron chi connectivity index (χ1n) is 11.4. The van der Waals surface area contributed by atoms with Crippen LogP contribution in [-0.2, 0) is 4.79 Å². The Balaban J connectivity index is 1.62. The first-order valence-corrected chi connectivity index (χ1v) is 12.4. The Hall–Kier alpha value is -4.51. The van der Waals surface area contributed by atoms with Crippen molar-refractivity contribution < 1.29 is 23.7 Å². The zero-order chi connectivity index (χ0) is 27.1. The van der Waals surface area contributed by atoms with E-state index >= 15 is 0 Å². The molecule has 3 aromatic carbocycles. The number of nitrogens with zero attached hydrogens (tertiary/aromatic N) is 3. The first-order chi connectivity index (χ1) is 18.5. The Bertz CT molecular complexity index is 1520. The van der Waals surface area contributed by atoms with E-state index in [9.17, 15) is 9.59 Å². The van der Waals surface area contributed by atoms with Gasteiger partial charge in [-0.1, -0.05) is 11.8 Å². The van der Waals surface area contributed by atoms with Crippen LogP contribution in [0.15, 0.2) is 75.7 Å². The second-order valence-electron chi connectivity index (χ2n) is 7.81. The number of carbonyl (C=O) groups is 1. The molecular formula is C27H26N4O6S. The lowest BCUT2D eigenvalue weighted by Gasteiger charge is -2.15. The van der Waals surface area contributed by atoms with Crippen LogP contribution in [0.1, 0.15) is 5.56 Å². The third kappa shape index (κ3) is 5.89. The van der Waals surface area contributed by atoms with Crippen LogP contribution >= 0.6 is 11.8 Å². The molecule has 4 rings (SSSR count). The molecule has 0 atom stereocenters. The summed E-state index contributed by atoms with van der Waals surface area (Å²) in [5.74, 6) is 1.84. The molecule has 0 bridgehead atoms. The van der Waals surface area contributed by atoms with E-state index in [1.54, 1.807) is 62.8 Å². The molecule has 0 aliphatic heterocycles. The SMILES string of the molecule is COc1ccc(/C=N/NC(=O)CSc2nc3cc(OC)c(OC)cc3c(=O)n2-c2ccc(OC)cc2)cc1. The number of fused-ring (bicyclic) bond motifs is 1. The summed E-state index contributed by atoms with van der Waals surface area (Å²) < 4.78 is 22.6. The molecule has 1 heterocycles. The Morgan fingerprint density at radius 1 is 0.921 bits per heavy atom. The summed E-state index contributed by atoms with van der Waals surface area (Å²) in [6.07, 6.45) is 1.53. The molecule has 0 aliphatic rings. The molecule has 196 valence electrons. The fourth-order valence-electron chi connectivity index (χ4n) is 3.58. The van der Waals surface area contributed by atoms with Gasteiger partial charge >= 0.3 is 0 Å². The van der Waals surface area contributed by atoms with Gasteiger partial charge in [0.2, 0.25) is 0 Å². The third-order valence-electron chi connectivity index (χ3n) is 5.52. The second kappa shape index (κ2) is 12.2. The standard InChI is InChI=1S/C27H26N4O6S/c1-34-19-9-5-17(6-10-19)15-28-30-25(32)16-38-27-29-22-14-24(37-4)23(36-3)13-21(22)26(33)31(27)18-7-11-20(35-2)12-8-18/h5-15H,16H2,1-4H3,(H,30,32)/b28-15+. The van der Waals surface area contributed by atoms with Crippen LogP contribution in [0.3, 0.4) is 0 Å². The number of amides is 1. The van der Waals surface area contributed by atoms with E-state index in [2.05, 4.69) is 15.5 Å². The quantitative estimate of drug-likeness (QED) is 0.142. The second-order valence-corrected chi connectivity index (χ2v) is 8.75. The predicted octanol–water partition coefficient (Wildman–Crippen LogP) is 3.66. The zero-order valence-electron chi connectivity index (χ0n) is 21.3. The average molecular weight is 535 g/mol. The molecule has 0 fully saturated rings. The summed E-state index contributed by atoms with van der Waals surface area (Å²) in [5.41, 5.74) is 3.96. The number of methoxy groups -OCH3 is 4. The number of carbonyl (C=O) groups excluding carboxylic acids is 1. The molecule has 1 N–H and O–H groups in total. The van der Waals surface area contributed by atoms with Gasteiger partial charge in [-0.3, -0.25) is 14.2 Å². The minimum Gasteiger partial charge on any atom is -0.497 e. The number of thioether (sulfide) groups is 1. The lowest BCUT2D eigenvalue weighted by atomic mass is 10.2. The molecule has 0 saturated carbocycles. The van der Waals surface area contributed by atoms with Crippen molar-refractivity contribution in [2.24, 2.45) is 5.10 Å². The summed E-state index contributed by atoms with van der Waals surface area (Å²) in [4.78, 5) is 30.9. The number of hydrogen-bond acceptors (Lipinski definition) is 9. The van der Waals surface area contributed by atoms with Crippen LogP contribution in [0, 0.1) is 0 Å². The molecule has 0 unspecified atom stereocenters. The van der Waals surface area contributed by atoms with E-state index in [1.807, 2.05) is 12.1 Å². The molecule has 10 nitrogen and oxygen atoms in total. The predicted molar refractivity (Wildman–Crippen MR) is 146 cm³/mol. The number of ether oxygens (including phenoxy) is 4. The highest BCUT2D eigenvalue weighted by atomic mass is 32.2. The van der Waals surface area contributed by atoms with Crippen molar-refractivity contribution in [1.82, 2.24) is 15.0 Å². The Morgan fingerprint density at radius 3 is 2.13 bits per heavy atom. The fourth-order valence-corrected chi connectivity index (χ4v) is 4.38. The Morgan fingerprint density at radius 2 is 1.53 bits per heavy atom. The number of rotatable bonds is 10. The van der Waals surface area contributed by atoms with Gasteiger partial charge in [-0.25, -0.2) is 10.4 Å². The van der Waals surface area contributed by atoms with Crippen LogP contribution in [-0.4, -0.2) is 55.9 Å². The van der Waals surface area contributed by atoms with Crippen molar-refractivity contribution in [2.45, 2.75) is 5.16 Å². The lowest BCUT2D eigenvalue weighted by molar-refractivity contribution is -0.118. The summed E-state index contributed by atoms with van der Waals surface area (Å²) in [5, 5.41) is 4.68. The van der Waals surface area contributed by atoms with Crippen LogP contribution in [0.25, 0.3) is 16.6 Å². The van der Waals surface area contributed by atoms with E-state index in [0.29, 0.717) is 39.0 Å². The summed E-state index contributed by atoms with van der Waals surface area (Å²) in [7, 11) is 6.16. The van der Waals surface area contributed by atoms with Crippen molar-refractivity contribution in [3.8, 4) is 28.7 Å². The number of hydrogen-bond donors (Lipinski definition) is 1. The van der Waals surface area contributed by atoms with Crippen molar-refractivity contribution in [2.75, 3.05) is 34.2 Å². The Kier molecular flexibility index (Phi) is 8.49. The van der Waals surface area contributed by atoms with Gasteiger partial charge in [-0.15, -0.1) is 0 Å². The smallest absolute Gasteiger partial charge is 0.266 e. The van der Waals surface area contributed by atoms with Crippen molar-refractivity contribution in [1.29, 1.82) is 0 Å². The Labute approximate surface area is 223 Å². The highest BCUT2D eigenvalue weighted by Gasteiger charge is 2.18. The normalized spacial score (nSPS) is 10.9. The minimum absolute atomic E-state index is 0.0264. The topological polar surface area (TPSA) is 113 Å². The molecule has 0 aliphatic carbocycles. The van der Waals surface area contributed by atoms with Crippen molar-refractivity contribution in [3.05, 3.63) is 76.6 Å². The highest BCUT2D eigenvalue weighted by Crippen LogP contribution is 2.31. The number of benzene rings is 3. The molecular weight excluding hydrogens is 508 g/mol. The van der Waals surface area contributed by atoms with Crippen LogP contribution in [0.4, 0.5) is 0 Å². The summed E-state index contributed by atoms with van der Waals surface area (Å²) >= 11 is 1.11. The summed E-state index contributed by atoms with van der Waals surface area (Å²) in [6.45, 7) is 0. The zero-order valence-corrected chi connectivity index (χ0v) is 22.1. The van der Waals surface area contributed by atoms with Gasteiger partial charge in [0, 0.05) is 6.07 Å². The maximum atomic E-state index is 13.6. The van der Waals surface area contributed by atoms with Gasteiger partial charge in [-0.05, 0) is 60.2 Å². The fraction of sp³-hybridized carbons (Fsp3) is 0.185. The van der Waals surface area contributed by atoms with Gasteiger partial charge in [0.05, 0.1) is 57.0 Å². The van der Waals surface area contributed by atoms with Crippen LogP contribution in [0.2, 0.25) is 0 Å². The lowest BCUT2D eigenvalue weighted by Crippen LogP contribution is -2.24. The van der Waals surface area contributed by atoms with Crippen LogP contribution in [0.5, 0.6) is 23.0 Å². The van der Waals surface area contributed by atoms with E-state index in [4.69, 9.17) is 18.9 Å². The van der Waals surface area contributed by atoms with Gasteiger partial charge < -0.3 is 18.9 Å². The number of aromatic nitrogens is 2. The molecule has 38 heavy (non-hydrogen) atoms. The molecule has 1 aromatic heterocycles. The molecule has 0 spiro atoms. The van der Waals surface area contributed by atoms with Gasteiger partial charge in [-0.2, -0.15) is 5.10 Å². The third-order valence-corrected chi connectivity index (χ3v) is 6.46.